The standard InChI is InChI=1S/C9H8F3NO/c10-9(11,12)7-2-1-6(3-4-14)8(13)5-7/h1-2,4-5H,3,13H2. The largest absolute Gasteiger partial charge is 0.416 e. The summed E-state index contributed by atoms with van der Waals surface area (Å²) < 4.78 is 36.5. The van der Waals surface area contributed by atoms with Gasteiger partial charge in [0, 0.05) is 12.1 Å². The van der Waals surface area contributed by atoms with Gasteiger partial charge in [-0.15, -0.1) is 0 Å². The molecule has 1 aromatic carbocycles. The molecule has 5 heteroatoms. The number of benzene rings is 1. The van der Waals surface area contributed by atoms with Crippen LogP contribution in [0.1, 0.15) is 11.1 Å². The summed E-state index contributed by atoms with van der Waals surface area (Å²) in [4.78, 5) is 10.1. The van der Waals surface area contributed by atoms with E-state index in [1.165, 1.54) is 6.07 Å². The van der Waals surface area contributed by atoms with E-state index in [-0.39, 0.29) is 12.1 Å². The van der Waals surface area contributed by atoms with Gasteiger partial charge in [0.25, 0.3) is 0 Å². The lowest BCUT2D eigenvalue weighted by Crippen LogP contribution is -2.06. The fourth-order valence-corrected chi connectivity index (χ4v) is 1.05. The third-order valence-electron chi connectivity index (χ3n) is 1.78. The molecule has 0 saturated heterocycles. The summed E-state index contributed by atoms with van der Waals surface area (Å²) in [6, 6.07) is 2.96. The zero-order valence-electron chi connectivity index (χ0n) is 7.14. The Balaban J connectivity index is 3.06. The maximum absolute atomic E-state index is 12.2. The lowest BCUT2D eigenvalue weighted by atomic mass is 10.1. The topological polar surface area (TPSA) is 43.1 Å². The minimum atomic E-state index is -4.40. The number of anilines is 1. The maximum Gasteiger partial charge on any atom is 0.416 e. The highest BCUT2D eigenvalue weighted by Crippen LogP contribution is 2.31. The summed E-state index contributed by atoms with van der Waals surface area (Å²) in [5.41, 5.74) is 4.95. The summed E-state index contributed by atoms with van der Waals surface area (Å²) in [5, 5.41) is 0. The second kappa shape index (κ2) is 3.69. The molecule has 0 saturated carbocycles. The van der Waals surface area contributed by atoms with Gasteiger partial charge >= 0.3 is 6.18 Å². The summed E-state index contributed by atoms with van der Waals surface area (Å²) in [7, 11) is 0. The van der Waals surface area contributed by atoms with Gasteiger partial charge in [-0.25, -0.2) is 0 Å². The van der Waals surface area contributed by atoms with Crippen molar-refractivity contribution in [1.82, 2.24) is 0 Å². The number of hydrogen-bond acceptors (Lipinski definition) is 2. The zero-order chi connectivity index (χ0) is 10.8. The molecule has 0 aromatic heterocycles. The highest BCUT2D eigenvalue weighted by Gasteiger charge is 2.30. The summed E-state index contributed by atoms with van der Waals surface area (Å²) in [5.74, 6) is 0. The van der Waals surface area contributed by atoms with Crippen molar-refractivity contribution in [3.63, 3.8) is 0 Å². The molecule has 1 aromatic rings. The SMILES string of the molecule is Nc1cc(C(F)(F)F)ccc1CC=O. The Morgan fingerprint density at radius 3 is 2.43 bits per heavy atom. The second-order valence-corrected chi connectivity index (χ2v) is 2.78. The van der Waals surface area contributed by atoms with Crippen LogP contribution in [-0.4, -0.2) is 6.29 Å². The predicted octanol–water partition coefficient (Wildman–Crippen LogP) is 2.03. The third-order valence-corrected chi connectivity index (χ3v) is 1.78. The van der Waals surface area contributed by atoms with Crippen LogP contribution in [0.15, 0.2) is 18.2 Å². The summed E-state index contributed by atoms with van der Waals surface area (Å²) in [6.07, 6.45) is -3.77. The average molecular weight is 203 g/mol. The monoisotopic (exact) mass is 203 g/mol. The molecule has 2 nitrogen and oxygen atoms in total. The Morgan fingerprint density at radius 1 is 1.36 bits per heavy atom. The minimum absolute atomic E-state index is 0.00748. The molecular weight excluding hydrogens is 195 g/mol. The Bertz CT molecular complexity index is 346. The van der Waals surface area contributed by atoms with Gasteiger partial charge in [0.15, 0.2) is 0 Å². The van der Waals surface area contributed by atoms with Crippen molar-refractivity contribution in [2.24, 2.45) is 0 Å². The molecular formula is C9H8F3NO. The first kappa shape index (κ1) is 10.6. The minimum Gasteiger partial charge on any atom is -0.398 e. The summed E-state index contributed by atoms with van der Waals surface area (Å²) in [6.45, 7) is 0. The highest BCUT2D eigenvalue weighted by molar-refractivity contribution is 5.62. The molecule has 0 atom stereocenters. The normalized spacial score (nSPS) is 11.4. The molecule has 0 heterocycles. The molecule has 0 aliphatic rings. The highest BCUT2D eigenvalue weighted by atomic mass is 19.4. The first-order valence-corrected chi connectivity index (χ1v) is 3.84. The van der Waals surface area contributed by atoms with Gasteiger partial charge in [-0.05, 0) is 17.7 Å². The van der Waals surface area contributed by atoms with Crippen molar-refractivity contribution in [2.45, 2.75) is 12.6 Å². The van der Waals surface area contributed by atoms with E-state index in [2.05, 4.69) is 0 Å². The van der Waals surface area contributed by atoms with Crippen molar-refractivity contribution < 1.29 is 18.0 Å². The quantitative estimate of drug-likeness (QED) is 0.590. The molecule has 0 fully saturated rings. The van der Waals surface area contributed by atoms with Gasteiger partial charge in [0.1, 0.15) is 6.29 Å². The number of nitrogen functional groups attached to an aromatic ring is 1. The maximum atomic E-state index is 12.2. The number of aldehydes is 1. The van der Waals surface area contributed by atoms with E-state index in [0.29, 0.717) is 11.8 Å². The smallest absolute Gasteiger partial charge is 0.398 e. The number of alkyl halides is 3. The molecule has 1 rings (SSSR count). The number of rotatable bonds is 2. The lowest BCUT2D eigenvalue weighted by molar-refractivity contribution is -0.137. The van der Waals surface area contributed by atoms with Crippen LogP contribution < -0.4 is 5.73 Å². The van der Waals surface area contributed by atoms with Crippen LogP contribution in [-0.2, 0) is 17.4 Å². The van der Waals surface area contributed by atoms with Crippen LogP contribution in [0.3, 0.4) is 0 Å². The van der Waals surface area contributed by atoms with Crippen LogP contribution in [0.4, 0.5) is 18.9 Å². The molecule has 0 spiro atoms. The van der Waals surface area contributed by atoms with Gasteiger partial charge < -0.3 is 10.5 Å². The number of carbonyl (C=O) groups excluding carboxylic acids is 1. The Kier molecular flexibility index (Phi) is 2.78. The number of halogens is 3. The van der Waals surface area contributed by atoms with E-state index in [1.807, 2.05) is 0 Å². The lowest BCUT2D eigenvalue weighted by Gasteiger charge is -2.09. The fraction of sp³-hybridized carbons (Fsp3) is 0.222. The Hall–Kier alpha value is -1.52. The summed E-state index contributed by atoms with van der Waals surface area (Å²) >= 11 is 0. The van der Waals surface area contributed by atoms with E-state index < -0.39 is 11.7 Å². The molecule has 14 heavy (non-hydrogen) atoms. The number of carbonyl (C=O) groups is 1. The number of nitrogens with two attached hydrogens (primary N) is 1. The van der Waals surface area contributed by atoms with E-state index in [0.717, 1.165) is 12.1 Å². The molecule has 2 N–H and O–H groups in total. The van der Waals surface area contributed by atoms with Crippen molar-refractivity contribution in [3.05, 3.63) is 29.3 Å². The van der Waals surface area contributed by atoms with Crippen molar-refractivity contribution in [3.8, 4) is 0 Å². The second-order valence-electron chi connectivity index (χ2n) is 2.78. The van der Waals surface area contributed by atoms with Crippen LogP contribution in [0, 0.1) is 0 Å². The molecule has 0 amide bonds. The molecule has 0 bridgehead atoms. The van der Waals surface area contributed by atoms with Gasteiger partial charge in [-0.2, -0.15) is 13.2 Å². The van der Waals surface area contributed by atoms with Crippen molar-refractivity contribution in [1.29, 1.82) is 0 Å². The molecule has 0 aliphatic heterocycles. The van der Waals surface area contributed by atoms with Crippen LogP contribution in [0.5, 0.6) is 0 Å². The van der Waals surface area contributed by atoms with Crippen LogP contribution in [0.25, 0.3) is 0 Å². The van der Waals surface area contributed by atoms with Gasteiger partial charge in [-0.1, -0.05) is 6.07 Å². The molecule has 0 aliphatic carbocycles. The average Bonchev–Trinajstić information content (AvgIpc) is 2.07. The predicted molar refractivity (Wildman–Crippen MR) is 45.6 cm³/mol. The first-order chi connectivity index (χ1) is 6.45. The van der Waals surface area contributed by atoms with Gasteiger partial charge in [-0.3, -0.25) is 0 Å². The zero-order valence-corrected chi connectivity index (χ0v) is 7.14. The third kappa shape index (κ3) is 2.25. The molecule has 0 unspecified atom stereocenters. The fourth-order valence-electron chi connectivity index (χ4n) is 1.05. The van der Waals surface area contributed by atoms with E-state index in [9.17, 15) is 18.0 Å². The van der Waals surface area contributed by atoms with Gasteiger partial charge in [0.2, 0.25) is 0 Å². The Labute approximate surface area is 78.5 Å². The van der Waals surface area contributed by atoms with Crippen LogP contribution >= 0.6 is 0 Å². The Morgan fingerprint density at radius 2 is 2.00 bits per heavy atom. The van der Waals surface area contributed by atoms with Crippen molar-refractivity contribution in [2.75, 3.05) is 5.73 Å². The van der Waals surface area contributed by atoms with E-state index in [4.69, 9.17) is 5.73 Å². The van der Waals surface area contributed by atoms with Gasteiger partial charge in [0.05, 0.1) is 5.56 Å². The van der Waals surface area contributed by atoms with E-state index in [1.54, 1.807) is 0 Å². The molecule has 0 radical (unpaired) electrons. The van der Waals surface area contributed by atoms with E-state index >= 15 is 0 Å². The first-order valence-electron chi connectivity index (χ1n) is 3.84. The van der Waals surface area contributed by atoms with Crippen molar-refractivity contribution >= 4 is 12.0 Å². The number of hydrogen-bond donors (Lipinski definition) is 1. The van der Waals surface area contributed by atoms with Crippen LogP contribution in [0.2, 0.25) is 0 Å². The molecule has 76 valence electrons.